The molecule has 1 aliphatic heterocycles. The van der Waals surface area contributed by atoms with E-state index in [9.17, 15) is 9.59 Å². The molecule has 6 heteroatoms. The van der Waals surface area contributed by atoms with Crippen molar-refractivity contribution >= 4 is 11.9 Å². The largest absolute Gasteiger partial charge is 0.497 e. The fourth-order valence-electron chi connectivity index (χ4n) is 2.62. The minimum atomic E-state index is -0.932. The third kappa shape index (κ3) is 4.46. The number of nitrogens with one attached hydrogen (secondary N) is 1. The Kier molecular flexibility index (Phi) is 5.38. The summed E-state index contributed by atoms with van der Waals surface area (Å²) in [7, 11) is 1.60. The summed E-state index contributed by atoms with van der Waals surface area (Å²) in [5, 5.41) is 11.8. The van der Waals surface area contributed by atoms with Gasteiger partial charge in [0.2, 0.25) is 5.91 Å². The minimum Gasteiger partial charge on any atom is -0.497 e. The lowest BCUT2D eigenvalue weighted by atomic mass is 9.94. The van der Waals surface area contributed by atoms with Gasteiger partial charge in [-0.15, -0.1) is 0 Å². The molecule has 1 aromatic carbocycles. The van der Waals surface area contributed by atoms with E-state index in [1.165, 1.54) is 0 Å². The van der Waals surface area contributed by atoms with Crippen LogP contribution < -0.4 is 10.1 Å². The number of methoxy groups -OCH3 is 1. The quantitative estimate of drug-likeness (QED) is 0.795. The van der Waals surface area contributed by atoms with Gasteiger partial charge in [-0.1, -0.05) is 12.1 Å². The van der Waals surface area contributed by atoms with Gasteiger partial charge in [-0.05, 0) is 30.5 Å². The van der Waals surface area contributed by atoms with Gasteiger partial charge in [-0.2, -0.15) is 0 Å². The third-order valence-electron chi connectivity index (χ3n) is 3.77. The molecule has 0 bridgehead atoms. The van der Waals surface area contributed by atoms with Crippen LogP contribution in [0.2, 0.25) is 0 Å². The second-order valence-electron chi connectivity index (χ2n) is 5.55. The average Bonchev–Trinajstić information content (AvgIpc) is 2.92. The number of rotatable bonds is 7. The van der Waals surface area contributed by atoms with E-state index in [-0.39, 0.29) is 18.9 Å². The second-order valence-corrected chi connectivity index (χ2v) is 5.55. The summed E-state index contributed by atoms with van der Waals surface area (Å²) in [5.74, 6) is -0.336. The molecule has 2 rings (SSSR count). The van der Waals surface area contributed by atoms with E-state index in [1.54, 1.807) is 7.11 Å². The molecule has 1 saturated heterocycles. The van der Waals surface area contributed by atoms with Gasteiger partial charge in [0.1, 0.15) is 5.75 Å². The van der Waals surface area contributed by atoms with Gasteiger partial charge in [-0.3, -0.25) is 9.59 Å². The molecule has 0 radical (unpaired) electrons. The zero-order valence-corrected chi connectivity index (χ0v) is 12.6. The molecule has 0 aliphatic carbocycles. The maximum absolute atomic E-state index is 12.1. The number of aryl methyl sites for hydroxylation is 1. The van der Waals surface area contributed by atoms with Crippen LogP contribution in [0.4, 0.5) is 0 Å². The summed E-state index contributed by atoms with van der Waals surface area (Å²) in [5.41, 5.74) is 0.238. The Balaban J connectivity index is 1.89. The van der Waals surface area contributed by atoms with Crippen LogP contribution in [0.15, 0.2) is 24.3 Å². The van der Waals surface area contributed by atoms with Gasteiger partial charge in [0, 0.05) is 13.0 Å². The zero-order chi connectivity index (χ0) is 16.0. The van der Waals surface area contributed by atoms with Gasteiger partial charge in [0.25, 0.3) is 0 Å². The molecule has 6 nitrogen and oxygen atoms in total. The van der Waals surface area contributed by atoms with Crippen molar-refractivity contribution in [3.63, 3.8) is 0 Å². The van der Waals surface area contributed by atoms with E-state index in [0.717, 1.165) is 11.3 Å². The van der Waals surface area contributed by atoms with Gasteiger partial charge < -0.3 is 19.9 Å². The predicted molar refractivity (Wildman–Crippen MR) is 79.9 cm³/mol. The molecule has 120 valence electrons. The number of ether oxygens (including phenoxy) is 2. The van der Waals surface area contributed by atoms with E-state index in [0.29, 0.717) is 25.9 Å². The normalized spacial score (nSPS) is 20.6. The highest BCUT2D eigenvalue weighted by Gasteiger charge is 2.38. The molecule has 1 amide bonds. The van der Waals surface area contributed by atoms with Gasteiger partial charge in [0.05, 0.1) is 25.7 Å². The molecule has 2 N–H and O–H groups in total. The first-order valence-corrected chi connectivity index (χ1v) is 7.26. The fourth-order valence-corrected chi connectivity index (χ4v) is 2.62. The van der Waals surface area contributed by atoms with Crippen LogP contribution in [0.5, 0.6) is 5.75 Å². The van der Waals surface area contributed by atoms with E-state index in [2.05, 4.69) is 5.32 Å². The first-order chi connectivity index (χ1) is 10.5. The van der Waals surface area contributed by atoms with Crippen molar-refractivity contribution < 1.29 is 24.2 Å². The lowest BCUT2D eigenvalue weighted by Gasteiger charge is -2.27. The van der Waals surface area contributed by atoms with Crippen LogP contribution in [0, 0.1) is 0 Å². The van der Waals surface area contributed by atoms with Crippen LogP contribution in [-0.4, -0.2) is 42.8 Å². The summed E-state index contributed by atoms with van der Waals surface area (Å²) < 4.78 is 10.4. The molecule has 0 aromatic heterocycles. The summed E-state index contributed by atoms with van der Waals surface area (Å²) in [6.07, 6.45) is 1.30. The molecule has 1 aliphatic rings. The minimum absolute atomic E-state index is 0.113. The van der Waals surface area contributed by atoms with E-state index in [4.69, 9.17) is 14.6 Å². The van der Waals surface area contributed by atoms with Crippen LogP contribution in [0.3, 0.4) is 0 Å². The lowest BCUT2D eigenvalue weighted by molar-refractivity contribution is -0.139. The summed E-state index contributed by atoms with van der Waals surface area (Å²) in [4.78, 5) is 23.1. The first-order valence-electron chi connectivity index (χ1n) is 7.26. The third-order valence-corrected chi connectivity index (χ3v) is 3.77. The lowest BCUT2D eigenvalue weighted by Crippen LogP contribution is -2.50. The van der Waals surface area contributed by atoms with Crippen molar-refractivity contribution in [2.24, 2.45) is 0 Å². The smallest absolute Gasteiger partial charge is 0.305 e. The monoisotopic (exact) mass is 307 g/mol. The van der Waals surface area contributed by atoms with Crippen molar-refractivity contribution in [3.8, 4) is 5.75 Å². The Labute approximate surface area is 129 Å². The number of carboxylic acids is 1. The number of carbonyl (C=O) groups excluding carboxylic acids is 1. The van der Waals surface area contributed by atoms with Crippen molar-refractivity contribution in [3.05, 3.63) is 29.8 Å². The summed E-state index contributed by atoms with van der Waals surface area (Å²) >= 11 is 0. The number of aliphatic carboxylic acids is 1. The van der Waals surface area contributed by atoms with Gasteiger partial charge in [-0.25, -0.2) is 0 Å². The Hall–Kier alpha value is -2.08. The number of carbonyl (C=O) groups is 2. The van der Waals surface area contributed by atoms with Crippen molar-refractivity contribution in [1.29, 1.82) is 0 Å². The number of hydrogen-bond acceptors (Lipinski definition) is 4. The van der Waals surface area contributed by atoms with Crippen LogP contribution in [0.25, 0.3) is 0 Å². The van der Waals surface area contributed by atoms with Gasteiger partial charge in [0.15, 0.2) is 0 Å². The summed E-state index contributed by atoms with van der Waals surface area (Å²) in [6, 6.07) is 7.55. The molecule has 1 fully saturated rings. The highest BCUT2D eigenvalue weighted by molar-refractivity contribution is 5.78. The molecule has 0 spiro atoms. The van der Waals surface area contributed by atoms with Crippen molar-refractivity contribution in [2.45, 2.75) is 31.2 Å². The molecule has 1 aromatic rings. The average molecular weight is 307 g/mol. The Morgan fingerprint density at radius 3 is 2.91 bits per heavy atom. The fraction of sp³-hybridized carbons (Fsp3) is 0.500. The topological polar surface area (TPSA) is 84.9 Å². The SMILES string of the molecule is COc1cccc(CCC(=O)NC2(CC(=O)O)CCOC2)c1. The van der Waals surface area contributed by atoms with Crippen molar-refractivity contribution in [2.75, 3.05) is 20.3 Å². The Morgan fingerprint density at radius 2 is 2.27 bits per heavy atom. The number of benzene rings is 1. The molecular formula is C16H21NO5. The number of hydrogen-bond donors (Lipinski definition) is 2. The number of amides is 1. The predicted octanol–water partition coefficient (Wildman–Crippen LogP) is 1.38. The summed E-state index contributed by atoms with van der Waals surface area (Å²) in [6.45, 7) is 0.730. The second kappa shape index (κ2) is 7.26. The van der Waals surface area contributed by atoms with Crippen molar-refractivity contribution in [1.82, 2.24) is 5.32 Å². The molecule has 1 unspecified atom stereocenters. The molecule has 22 heavy (non-hydrogen) atoms. The Morgan fingerprint density at radius 1 is 1.45 bits per heavy atom. The first kappa shape index (κ1) is 16.3. The molecule has 1 heterocycles. The number of carboxylic acid groups (broad SMARTS) is 1. The van der Waals surface area contributed by atoms with Crippen LogP contribution >= 0.6 is 0 Å². The van der Waals surface area contributed by atoms with Crippen LogP contribution in [-0.2, 0) is 20.7 Å². The van der Waals surface area contributed by atoms with E-state index in [1.807, 2.05) is 24.3 Å². The maximum Gasteiger partial charge on any atom is 0.305 e. The molecule has 0 saturated carbocycles. The maximum atomic E-state index is 12.1. The van der Waals surface area contributed by atoms with E-state index >= 15 is 0 Å². The van der Waals surface area contributed by atoms with Crippen LogP contribution in [0.1, 0.15) is 24.8 Å². The molecular weight excluding hydrogens is 286 g/mol. The van der Waals surface area contributed by atoms with Gasteiger partial charge >= 0.3 is 5.97 Å². The standard InChI is InChI=1S/C16H21NO5/c1-21-13-4-2-3-12(9-13)5-6-14(18)17-16(10-15(19)20)7-8-22-11-16/h2-4,9H,5-8,10-11H2,1H3,(H,17,18)(H,19,20). The molecule has 1 atom stereocenters. The zero-order valence-electron chi connectivity index (χ0n) is 12.6. The highest BCUT2D eigenvalue weighted by atomic mass is 16.5. The highest BCUT2D eigenvalue weighted by Crippen LogP contribution is 2.23. The van der Waals surface area contributed by atoms with E-state index < -0.39 is 11.5 Å². The Bertz CT molecular complexity index is 537.